The lowest BCUT2D eigenvalue weighted by Crippen LogP contribution is -2.22. The van der Waals surface area contributed by atoms with Crippen molar-refractivity contribution in [1.82, 2.24) is 4.31 Å². The maximum absolute atomic E-state index is 12.3. The zero-order valence-electron chi connectivity index (χ0n) is 14.8. The molecule has 0 aliphatic rings. The Bertz CT molecular complexity index is 898. The number of hydrogen-bond acceptors (Lipinski definition) is 4. The summed E-state index contributed by atoms with van der Waals surface area (Å²) in [4.78, 5) is 12.4. The Balaban J connectivity index is 2.15. The minimum Gasteiger partial charge on any atom is -0.496 e. The highest BCUT2D eigenvalue weighted by Gasteiger charge is 2.19. The fourth-order valence-electron chi connectivity index (χ4n) is 2.35. The molecule has 6 nitrogen and oxygen atoms in total. The van der Waals surface area contributed by atoms with Crippen LogP contribution in [0.5, 0.6) is 5.75 Å². The van der Waals surface area contributed by atoms with E-state index in [9.17, 15) is 13.2 Å². The van der Waals surface area contributed by atoms with Crippen molar-refractivity contribution in [3.05, 3.63) is 52.5 Å². The molecule has 1 amide bonds. The lowest BCUT2D eigenvalue weighted by molar-refractivity contribution is -0.116. The second-order valence-corrected chi connectivity index (χ2v) is 8.80. The van der Waals surface area contributed by atoms with Crippen molar-refractivity contribution in [1.29, 1.82) is 0 Å². The summed E-state index contributed by atoms with van der Waals surface area (Å²) in [6, 6.07) is 12.0. The first-order valence-corrected chi connectivity index (χ1v) is 10.1. The minimum atomic E-state index is -3.55. The number of rotatable bonds is 7. The molecule has 140 valence electrons. The van der Waals surface area contributed by atoms with E-state index in [1.54, 1.807) is 18.2 Å². The molecule has 2 aromatic carbocycles. The van der Waals surface area contributed by atoms with Gasteiger partial charge in [-0.2, -0.15) is 0 Å². The fourth-order valence-corrected chi connectivity index (χ4v) is 3.68. The van der Waals surface area contributed by atoms with E-state index in [-0.39, 0.29) is 17.2 Å². The summed E-state index contributed by atoms with van der Waals surface area (Å²) in [6.07, 6.45) is 0.555. The van der Waals surface area contributed by atoms with Crippen LogP contribution in [-0.4, -0.2) is 39.8 Å². The molecule has 26 heavy (non-hydrogen) atoms. The third-order valence-electron chi connectivity index (χ3n) is 3.80. The van der Waals surface area contributed by atoms with E-state index in [0.29, 0.717) is 23.4 Å². The number of nitrogens with one attached hydrogen (secondary N) is 1. The van der Waals surface area contributed by atoms with Crippen LogP contribution in [0.1, 0.15) is 12.0 Å². The van der Waals surface area contributed by atoms with Gasteiger partial charge in [0.15, 0.2) is 0 Å². The standard InChI is InChI=1S/C18H21BrN2O4S/c1-21(2)26(23,24)14-9-10-17(25-3)13(12-14)8-11-18(22)20-16-7-5-4-6-15(16)19/h4-7,9-10,12H,8,11H2,1-3H3,(H,20,22). The van der Waals surface area contributed by atoms with Crippen LogP contribution in [0.4, 0.5) is 5.69 Å². The van der Waals surface area contributed by atoms with Crippen LogP contribution < -0.4 is 10.1 Å². The molecule has 0 fully saturated rings. The maximum atomic E-state index is 12.3. The van der Waals surface area contributed by atoms with Crippen LogP contribution in [0.25, 0.3) is 0 Å². The molecule has 8 heteroatoms. The van der Waals surface area contributed by atoms with Gasteiger partial charge in [0.2, 0.25) is 15.9 Å². The van der Waals surface area contributed by atoms with Crippen molar-refractivity contribution < 1.29 is 17.9 Å². The van der Waals surface area contributed by atoms with E-state index in [1.165, 1.54) is 27.3 Å². The third kappa shape index (κ3) is 4.84. The summed E-state index contributed by atoms with van der Waals surface area (Å²) >= 11 is 3.38. The Morgan fingerprint density at radius 3 is 2.50 bits per heavy atom. The fraction of sp³-hybridized carbons (Fsp3) is 0.278. The van der Waals surface area contributed by atoms with Gasteiger partial charge in [-0.05, 0) is 58.2 Å². The average Bonchev–Trinajstić information content (AvgIpc) is 2.61. The molecule has 0 atom stereocenters. The molecule has 0 aliphatic heterocycles. The van der Waals surface area contributed by atoms with E-state index in [2.05, 4.69) is 21.2 Å². The van der Waals surface area contributed by atoms with Crippen molar-refractivity contribution in [2.75, 3.05) is 26.5 Å². The molecule has 2 rings (SSSR count). The molecule has 0 spiro atoms. The third-order valence-corrected chi connectivity index (χ3v) is 6.30. The van der Waals surface area contributed by atoms with Crippen molar-refractivity contribution in [2.45, 2.75) is 17.7 Å². The molecular weight excluding hydrogens is 420 g/mol. The first-order valence-electron chi connectivity index (χ1n) is 7.89. The summed E-state index contributed by atoms with van der Waals surface area (Å²) < 4.78 is 31.8. The molecule has 0 saturated carbocycles. The predicted molar refractivity (Wildman–Crippen MR) is 105 cm³/mol. The molecule has 0 saturated heterocycles. The number of sulfonamides is 1. The highest BCUT2D eigenvalue weighted by Crippen LogP contribution is 2.26. The van der Waals surface area contributed by atoms with E-state index in [0.717, 1.165) is 8.78 Å². The number of carbonyl (C=O) groups excluding carboxylic acids is 1. The van der Waals surface area contributed by atoms with Gasteiger partial charge in [0.1, 0.15) is 5.75 Å². The molecule has 0 bridgehead atoms. The van der Waals surface area contributed by atoms with Crippen molar-refractivity contribution >= 4 is 37.5 Å². The zero-order chi connectivity index (χ0) is 19.3. The molecule has 0 unspecified atom stereocenters. The Labute approximate surface area is 162 Å². The van der Waals surface area contributed by atoms with E-state index >= 15 is 0 Å². The van der Waals surface area contributed by atoms with Crippen LogP contribution in [0.2, 0.25) is 0 Å². The monoisotopic (exact) mass is 440 g/mol. The highest BCUT2D eigenvalue weighted by atomic mass is 79.9. The number of para-hydroxylation sites is 1. The van der Waals surface area contributed by atoms with Crippen LogP contribution >= 0.6 is 15.9 Å². The summed E-state index contributed by atoms with van der Waals surface area (Å²) in [5.74, 6) is 0.385. The van der Waals surface area contributed by atoms with Gasteiger partial charge in [0, 0.05) is 25.0 Å². The van der Waals surface area contributed by atoms with Crippen LogP contribution in [-0.2, 0) is 21.2 Å². The molecular formula is C18H21BrN2O4S. The van der Waals surface area contributed by atoms with Crippen LogP contribution in [0.15, 0.2) is 51.8 Å². The molecule has 0 aromatic heterocycles. The first-order chi connectivity index (χ1) is 12.3. The van der Waals surface area contributed by atoms with E-state index in [1.807, 2.05) is 18.2 Å². The second kappa shape index (κ2) is 8.66. The van der Waals surface area contributed by atoms with Crippen molar-refractivity contribution in [2.24, 2.45) is 0 Å². The summed E-state index contributed by atoms with van der Waals surface area (Å²) in [5, 5.41) is 2.83. The van der Waals surface area contributed by atoms with Gasteiger partial charge < -0.3 is 10.1 Å². The second-order valence-electron chi connectivity index (χ2n) is 5.79. The molecule has 0 heterocycles. The number of methoxy groups -OCH3 is 1. The number of nitrogens with zero attached hydrogens (tertiary/aromatic N) is 1. The number of anilines is 1. The van der Waals surface area contributed by atoms with Gasteiger partial charge in [-0.3, -0.25) is 4.79 Å². The molecule has 2 aromatic rings. The molecule has 0 radical (unpaired) electrons. The van der Waals surface area contributed by atoms with Crippen molar-refractivity contribution in [3.8, 4) is 5.75 Å². The molecule has 1 N–H and O–H groups in total. The van der Waals surface area contributed by atoms with Gasteiger partial charge >= 0.3 is 0 Å². The number of amides is 1. The SMILES string of the molecule is COc1ccc(S(=O)(=O)N(C)C)cc1CCC(=O)Nc1ccccc1Br. The normalized spacial score (nSPS) is 11.4. The number of aryl methyl sites for hydroxylation is 1. The molecule has 0 aliphatic carbocycles. The van der Waals surface area contributed by atoms with Gasteiger partial charge in [-0.15, -0.1) is 0 Å². The average molecular weight is 441 g/mol. The predicted octanol–water partition coefficient (Wildman–Crippen LogP) is 3.28. The van der Waals surface area contributed by atoms with Crippen LogP contribution in [0.3, 0.4) is 0 Å². The topological polar surface area (TPSA) is 75.7 Å². The van der Waals surface area contributed by atoms with Gasteiger partial charge in [-0.1, -0.05) is 12.1 Å². The lowest BCUT2D eigenvalue weighted by Gasteiger charge is -2.14. The maximum Gasteiger partial charge on any atom is 0.242 e. The summed E-state index contributed by atoms with van der Waals surface area (Å²) in [7, 11) is 0.921. The Morgan fingerprint density at radius 2 is 1.88 bits per heavy atom. The van der Waals surface area contributed by atoms with Gasteiger partial charge in [0.05, 0.1) is 17.7 Å². The largest absolute Gasteiger partial charge is 0.496 e. The van der Waals surface area contributed by atoms with Crippen molar-refractivity contribution in [3.63, 3.8) is 0 Å². The Morgan fingerprint density at radius 1 is 1.19 bits per heavy atom. The van der Waals surface area contributed by atoms with Gasteiger partial charge in [-0.25, -0.2) is 12.7 Å². The number of halogens is 1. The number of ether oxygens (including phenoxy) is 1. The Kier molecular flexibility index (Phi) is 6.80. The smallest absolute Gasteiger partial charge is 0.242 e. The highest BCUT2D eigenvalue weighted by molar-refractivity contribution is 9.10. The lowest BCUT2D eigenvalue weighted by atomic mass is 10.1. The number of hydrogen-bond donors (Lipinski definition) is 1. The number of benzene rings is 2. The van der Waals surface area contributed by atoms with E-state index in [4.69, 9.17) is 4.74 Å². The zero-order valence-corrected chi connectivity index (χ0v) is 17.2. The Hall–Kier alpha value is -1.90. The number of carbonyl (C=O) groups is 1. The van der Waals surface area contributed by atoms with Gasteiger partial charge in [0.25, 0.3) is 0 Å². The summed E-state index contributed by atoms with van der Waals surface area (Å²) in [6.45, 7) is 0. The first kappa shape index (κ1) is 20.4. The van der Waals surface area contributed by atoms with Crippen LogP contribution in [0, 0.1) is 0 Å². The quantitative estimate of drug-likeness (QED) is 0.716. The minimum absolute atomic E-state index is 0.167. The van der Waals surface area contributed by atoms with E-state index < -0.39 is 10.0 Å². The summed E-state index contributed by atoms with van der Waals surface area (Å²) in [5.41, 5.74) is 1.35.